The molecule has 0 aliphatic heterocycles. The van der Waals surface area contributed by atoms with Gasteiger partial charge in [-0.3, -0.25) is 0 Å². The van der Waals surface area contributed by atoms with Crippen LogP contribution in [0.4, 0.5) is 0 Å². The molecule has 0 N–H and O–H groups in total. The lowest BCUT2D eigenvalue weighted by molar-refractivity contribution is -0.690. The average Bonchev–Trinajstić information content (AvgIpc) is 2.14. The summed E-state index contributed by atoms with van der Waals surface area (Å²) in [5.74, 6) is 0. The molecule has 1 aromatic heterocycles. The Hall–Kier alpha value is 0.290. The standard InChI is InChI=1S/C4H7N2S.H2I/c1-2-6-3-5-7-4-6;/h3-4H,2H2,1H3;1H2/q2*+1. The van der Waals surface area contributed by atoms with Gasteiger partial charge in [0.1, 0.15) is 11.5 Å². The first-order chi connectivity index (χ1) is 3.43. The molecule has 0 amide bonds. The molecule has 0 saturated carbocycles. The molecule has 0 spiro atoms. The van der Waals surface area contributed by atoms with Gasteiger partial charge in [0.25, 0.3) is 0 Å². The van der Waals surface area contributed by atoms with Crippen molar-refractivity contribution in [2.75, 3.05) is 0 Å². The molecule has 46 valence electrons. The van der Waals surface area contributed by atoms with Crippen LogP contribution in [0.3, 0.4) is 0 Å². The second-order valence-corrected chi connectivity index (χ2v) is 1.89. The Kier molecular flexibility index (Phi) is 4.35. The topological polar surface area (TPSA) is 16.8 Å². The largest absolute Gasteiger partial charge is 0.301 e. The van der Waals surface area contributed by atoms with E-state index in [9.17, 15) is 0 Å². The molecule has 1 aromatic rings. The van der Waals surface area contributed by atoms with Gasteiger partial charge in [0.2, 0.25) is 24.0 Å². The Labute approximate surface area is 69.7 Å². The number of hydrogen-bond donors (Lipinski definition) is 0. The summed E-state index contributed by atoms with van der Waals surface area (Å²) in [6, 6.07) is 0. The van der Waals surface area contributed by atoms with Crippen molar-refractivity contribution in [1.82, 2.24) is 4.37 Å². The summed E-state index contributed by atoms with van der Waals surface area (Å²) in [5.41, 5.74) is 1.99. The Morgan fingerprint density at radius 1 is 1.75 bits per heavy atom. The van der Waals surface area contributed by atoms with Gasteiger partial charge < -0.3 is 0 Å². The lowest BCUT2D eigenvalue weighted by Crippen LogP contribution is -3.00. The van der Waals surface area contributed by atoms with E-state index in [1.807, 2.05) is 16.4 Å². The molecule has 0 aromatic carbocycles. The lowest BCUT2D eigenvalue weighted by Gasteiger charge is -1.76. The molecular weight excluding hydrogens is 235 g/mol. The number of aromatic nitrogens is 2. The van der Waals surface area contributed by atoms with Gasteiger partial charge in [-0.25, -0.2) is 4.57 Å². The Balaban J connectivity index is 0.000000490. The smallest absolute Gasteiger partial charge is 0.224 e. The van der Waals surface area contributed by atoms with Gasteiger partial charge in [0.05, 0.1) is 6.54 Å². The Morgan fingerprint density at radius 3 is 2.75 bits per heavy atom. The van der Waals surface area contributed by atoms with E-state index in [1.54, 1.807) is 0 Å². The first-order valence-electron chi connectivity index (χ1n) is 2.22. The summed E-state index contributed by atoms with van der Waals surface area (Å²) in [5, 5.41) is 0. The summed E-state index contributed by atoms with van der Waals surface area (Å²) in [6.45, 7) is 3.12. The molecule has 0 aliphatic carbocycles. The minimum absolute atomic E-state index is 0. The molecular formula is C4H9IN2S+2. The van der Waals surface area contributed by atoms with Crippen LogP contribution >= 0.6 is 11.5 Å². The first-order valence-corrected chi connectivity index (χ1v) is 3.05. The quantitative estimate of drug-likeness (QED) is 0.378. The van der Waals surface area contributed by atoms with Gasteiger partial charge in [-0.1, -0.05) is 0 Å². The van der Waals surface area contributed by atoms with E-state index in [0.29, 0.717) is 0 Å². The van der Waals surface area contributed by atoms with Crippen molar-refractivity contribution in [1.29, 1.82) is 0 Å². The van der Waals surface area contributed by atoms with Crippen LogP contribution in [-0.2, 0) is 6.54 Å². The highest BCUT2D eigenvalue weighted by atomic mass is 127. The normalized spacial score (nSPS) is 8.12. The highest BCUT2D eigenvalue weighted by molar-refractivity contribution is 7.02. The third kappa shape index (κ3) is 2.04. The molecule has 0 unspecified atom stereocenters. The minimum Gasteiger partial charge on any atom is -0.224 e. The maximum Gasteiger partial charge on any atom is 0.301 e. The van der Waals surface area contributed by atoms with E-state index in [4.69, 9.17) is 0 Å². The summed E-state index contributed by atoms with van der Waals surface area (Å²) < 4.78 is 5.93. The first kappa shape index (κ1) is 8.29. The van der Waals surface area contributed by atoms with Crippen molar-refractivity contribution in [2.45, 2.75) is 13.5 Å². The summed E-state index contributed by atoms with van der Waals surface area (Å²) >= 11 is 1.48. The number of hydrogen-bond acceptors (Lipinski definition) is 2. The molecule has 1 rings (SSSR count). The fourth-order valence-corrected chi connectivity index (χ4v) is 0.914. The number of aryl methyl sites for hydroxylation is 1. The molecule has 0 aliphatic rings. The van der Waals surface area contributed by atoms with Crippen LogP contribution in [-0.4, -0.2) is 4.37 Å². The monoisotopic (exact) mass is 244 g/mol. The fourth-order valence-electron chi connectivity index (χ4n) is 0.359. The summed E-state index contributed by atoms with van der Waals surface area (Å²) in [6.07, 6.45) is 1.82. The van der Waals surface area contributed by atoms with E-state index < -0.39 is 0 Å². The second-order valence-electron chi connectivity index (χ2n) is 1.26. The van der Waals surface area contributed by atoms with Crippen LogP contribution in [0.2, 0.25) is 0 Å². The molecule has 0 bridgehead atoms. The van der Waals surface area contributed by atoms with Crippen molar-refractivity contribution >= 4 is 11.5 Å². The van der Waals surface area contributed by atoms with Crippen molar-refractivity contribution in [3.8, 4) is 0 Å². The zero-order valence-corrected chi connectivity index (χ0v) is 7.98. The molecule has 0 saturated heterocycles. The molecule has 2 nitrogen and oxygen atoms in total. The number of rotatable bonds is 1. The third-order valence-corrected chi connectivity index (χ3v) is 1.39. The zero-order valence-electron chi connectivity index (χ0n) is 4.61. The summed E-state index contributed by atoms with van der Waals surface area (Å²) in [7, 11) is 0. The highest BCUT2D eigenvalue weighted by Gasteiger charge is 1.90. The van der Waals surface area contributed by atoms with Gasteiger partial charge in [-0.2, -0.15) is 0 Å². The molecule has 0 radical (unpaired) electrons. The van der Waals surface area contributed by atoms with E-state index in [-0.39, 0.29) is 24.0 Å². The predicted octanol–water partition coefficient (Wildman–Crippen LogP) is -3.08. The van der Waals surface area contributed by atoms with Gasteiger partial charge in [0, 0.05) is 4.37 Å². The van der Waals surface area contributed by atoms with Crippen molar-refractivity contribution in [3.05, 3.63) is 11.8 Å². The van der Waals surface area contributed by atoms with Crippen molar-refractivity contribution < 1.29 is 28.5 Å². The Morgan fingerprint density at radius 2 is 2.50 bits per heavy atom. The number of nitrogens with zero attached hydrogens (tertiary/aromatic N) is 2. The minimum atomic E-state index is 0. The van der Waals surface area contributed by atoms with Crippen LogP contribution in [0.5, 0.6) is 0 Å². The molecule has 0 fully saturated rings. The third-order valence-electron chi connectivity index (χ3n) is 0.804. The predicted molar refractivity (Wildman–Crippen MR) is 30.8 cm³/mol. The van der Waals surface area contributed by atoms with Crippen LogP contribution in [0.25, 0.3) is 0 Å². The molecule has 0 atom stereocenters. The van der Waals surface area contributed by atoms with E-state index in [1.165, 1.54) is 11.5 Å². The van der Waals surface area contributed by atoms with Crippen LogP contribution in [0.15, 0.2) is 11.8 Å². The Bertz CT molecular complexity index is 129. The SMILES string of the molecule is CC[n+]1cnsc1.[IH2+]. The molecule has 4 heteroatoms. The van der Waals surface area contributed by atoms with Gasteiger partial charge in [-0.05, 0) is 6.92 Å². The van der Waals surface area contributed by atoms with Crippen LogP contribution in [0.1, 0.15) is 6.92 Å². The average molecular weight is 244 g/mol. The van der Waals surface area contributed by atoms with Gasteiger partial charge >= 0.3 is 6.33 Å². The zero-order chi connectivity index (χ0) is 5.11. The highest BCUT2D eigenvalue weighted by Crippen LogP contribution is 1.77. The van der Waals surface area contributed by atoms with Gasteiger partial charge in [-0.15, -0.1) is 0 Å². The maximum atomic E-state index is 3.90. The van der Waals surface area contributed by atoms with Crippen molar-refractivity contribution in [3.63, 3.8) is 0 Å². The fraction of sp³-hybridized carbons (Fsp3) is 0.500. The van der Waals surface area contributed by atoms with Crippen molar-refractivity contribution in [2.24, 2.45) is 0 Å². The van der Waals surface area contributed by atoms with Crippen LogP contribution < -0.4 is 28.5 Å². The van der Waals surface area contributed by atoms with E-state index >= 15 is 0 Å². The number of halogens is 1. The van der Waals surface area contributed by atoms with E-state index in [2.05, 4.69) is 11.3 Å². The second kappa shape index (κ2) is 4.20. The molecule has 8 heavy (non-hydrogen) atoms. The lowest BCUT2D eigenvalue weighted by atomic mass is 10.7. The maximum absolute atomic E-state index is 3.90. The van der Waals surface area contributed by atoms with Gasteiger partial charge in [0.15, 0.2) is 5.51 Å². The summed E-state index contributed by atoms with van der Waals surface area (Å²) in [4.78, 5) is 0. The van der Waals surface area contributed by atoms with E-state index in [0.717, 1.165) is 6.54 Å². The molecule has 1 heterocycles. The van der Waals surface area contributed by atoms with Crippen LogP contribution in [0, 0.1) is 0 Å².